The van der Waals surface area contributed by atoms with Crippen molar-refractivity contribution in [2.75, 3.05) is 16.4 Å². The third-order valence-corrected chi connectivity index (χ3v) is 6.00. The third-order valence-electron chi connectivity index (χ3n) is 5.63. The van der Waals surface area contributed by atoms with Gasteiger partial charge in [0.05, 0.1) is 29.5 Å². The van der Waals surface area contributed by atoms with Crippen molar-refractivity contribution < 1.29 is 22.7 Å². The normalized spacial score (nSPS) is 18.1. The van der Waals surface area contributed by atoms with Crippen molar-refractivity contribution in [3.8, 4) is 11.8 Å². The number of anilines is 2. The first-order valence-corrected chi connectivity index (χ1v) is 10.5. The minimum Gasteiger partial charge on any atom is -0.493 e. The van der Waals surface area contributed by atoms with Crippen LogP contribution in [0.2, 0.25) is 0 Å². The Morgan fingerprint density at radius 3 is 2.34 bits per heavy atom. The maximum absolute atomic E-state index is 13.4. The Hall–Kier alpha value is -3.12. The molecular weight excluding hydrogens is 439 g/mol. The van der Waals surface area contributed by atoms with E-state index in [0.717, 1.165) is 17.0 Å². The summed E-state index contributed by atoms with van der Waals surface area (Å²) < 4.78 is 46.0. The van der Waals surface area contributed by atoms with Crippen LogP contribution >= 0.6 is 12.2 Å². The second-order valence-electron chi connectivity index (χ2n) is 8.41. The van der Waals surface area contributed by atoms with E-state index in [-0.39, 0.29) is 10.8 Å². The Morgan fingerprint density at radius 2 is 1.78 bits per heavy atom. The van der Waals surface area contributed by atoms with Gasteiger partial charge in [-0.3, -0.25) is 9.69 Å². The smallest absolute Gasteiger partial charge is 0.417 e. The van der Waals surface area contributed by atoms with E-state index in [1.807, 2.05) is 0 Å². The molecule has 9 heteroatoms. The average molecular weight is 459 g/mol. The van der Waals surface area contributed by atoms with Gasteiger partial charge < -0.3 is 9.64 Å². The van der Waals surface area contributed by atoms with Crippen LogP contribution in [0.1, 0.15) is 37.8 Å². The van der Waals surface area contributed by atoms with Gasteiger partial charge in [0.15, 0.2) is 5.11 Å². The van der Waals surface area contributed by atoms with Crippen molar-refractivity contribution in [2.45, 2.75) is 38.4 Å². The van der Waals surface area contributed by atoms with Crippen LogP contribution in [0.3, 0.4) is 0 Å². The number of rotatable bonds is 5. The first-order valence-electron chi connectivity index (χ1n) is 10.1. The van der Waals surface area contributed by atoms with Crippen LogP contribution < -0.4 is 14.5 Å². The monoisotopic (exact) mass is 459 g/mol. The molecule has 1 saturated heterocycles. The lowest BCUT2D eigenvalue weighted by molar-refractivity contribution is -0.137. The summed E-state index contributed by atoms with van der Waals surface area (Å²) >= 11 is 5.53. The number of nitriles is 1. The molecule has 2 aromatic carbocycles. The number of benzene rings is 2. The number of ether oxygens (including phenoxy) is 1. The van der Waals surface area contributed by atoms with Gasteiger partial charge in [-0.2, -0.15) is 18.4 Å². The van der Waals surface area contributed by atoms with E-state index in [4.69, 9.17) is 22.2 Å². The van der Waals surface area contributed by atoms with E-state index < -0.39 is 28.7 Å². The first kappa shape index (κ1) is 22.1. The van der Waals surface area contributed by atoms with Gasteiger partial charge in [0.1, 0.15) is 11.3 Å². The van der Waals surface area contributed by atoms with Crippen LogP contribution in [0.4, 0.5) is 24.5 Å². The molecule has 32 heavy (non-hydrogen) atoms. The molecule has 0 unspecified atom stereocenters. The minimum atomic E-state index is -4.74. The molecule has 1 aliphatic carbocycles. The zero-order chi connectivity index (χ0) is 23.3. The summed E-state index contributed by atoms with van der Waals surface area (Å²) in [5.74, 6) is 0.850. The molecule has 0 aromatic heterocycles. The summed E-state index contributed by atoms with van der Waals surface area (Å²) in [4.78, 5) is 15.9. The third kappa shape index (κ3) is 3.91. The standard InChI is InChI=1S/C23H20F3N3O2S/c1-22(2)20(30)28(17-6-5-15(12-27)19(11-17)23(24,25)26)21(32)29(22)16-7-9-18(10-8-16)31-13-14-3-4-14/h5-11,14H,3-4,13H2,1-2H3. The fourth-order valence-corrected chi connectivity index (χ4v) is 4.17. The van der Waals surface area contributed by atoms with Gasteiger partial charge >= 0.3 is 6.18 Å². The van der Waals surface area contributed by atoms with E-state index >= 15 is 0 Å². The number of carbonyl (C=O) groups is 1. The number of hydrogen-bond donors (Lipinski definition) is 0. The average Bonchev–Trinajstić information content (AvgIpc) is 3.54. The molecule has 0 bridgehead atoms. The van der Waals surface area contributed by atoms with Crippen LogP contribution in [-0.4, -0.2) is 23.2 Å². The van der Waals surface area contributed by atoms with Gasteiger partial charge in [-0.15, -0.1) is 0 Å². The van der Waals surface area contributed by atoms with Crippen LogP contribution in [0.5, 0.6) is 5.75 Å². The predicted octanol–water partition coefficient (Wildman–Crippen LogP) is 5.28. The van der Waals surface area contributed by atoms with Gasteiger partial charge in [-0.25, -0.2) is 0 Å². The molecule has 0 radical (unpaired) electrons. The number of halogens is 3. The summed E-state index contributed by atoms with van der Waals surface area (Å²) in [5.41, 5.74) is -2.16. The van der Waals surface area contributed by atoms with Gasteiger partial charge in [0, 0.05) is 5.69 Å². The number of hydrogen-bond acceptors (Lipinski definition) is 4. The largest absolute Gasteiger partial charge is 0.493 e. The van der Waals surface area contributed by atoms with E-state index in [0.29, 0.717) is 24.0 Å². The lowest BCUT2D eigenvalue weighted by atomic mass is 10.0. The lowest BCUT2D eigenvalue weighted by Gasteiger charge is -2.29. The van der Waals surface area contributed by atoms with Crippen LogP contribution in [0, 0.1) is 17.2 Å². The number of thiocarbonyl (C=S) groups is 1. The van der Waals surface area contributed by atoms with E-state index in [9.17, 15) is 18.0 Å². The first-order chi connectivity index (χ1) is 15.0. The molecule has 0 atom stereocenters. The van der Waals surface area contributed by atoms with E-state index in [2.05, 4.69) is 0 Å². The van der Waals surface area contributed by atoms with E-state index in [1.165, 1.54) is 18.9 Å². The molecular formula is C23H20F3N3O2S. The van der Waals surface area contributed by atoms with Crippen LogP contribution in [-0.2, 0) is 11.0 Å². The van der Waals surface area contributed by atoms with Crippen molar-refractivity contribution in [2.24, 2.45) is 5.92 Å². The highest BCUT2D eigenvalue weighted by Gasteiger charge is 2.50. The Kier molecular flexibility index (Phi) is 5.37. The molecule has 2 aliphatic rings. The Labute approximate surface area is 189 Å². The van der Waals surface area contributed by atoms with Crippen LogP contribution in [0.25, 0.3) is 0 Å². The van der Waals surface area contributed by atoms with E-state index in [1.54, 1.807) is 49.1 Å². The molecule has 0 spiro atoms. The Bertz CT molecular complexity index is 1120. The number of amides is 1. The highest BCUT2D eigenvalue weighted by Crippen LogP contribution is 2.40. The van der Waals surface area contributed by atoms with Crippen molar-refractivity contribution in [3.63, 3.8) is 0 Å². The molecule has 1 heterocycles. The molecule has 2 fully saturated rings. The minimum absolute atomic E-state index is 0.0358. The summed E-state index contributed by atoms with van der Waals surface area (Å²) in [6, 6.07) is 11.8. The lowest BCUT2D eigenvalue weighted by Crippen LogP contribution is -2.44. The molecule has 166 valence electrons. The molecule has 1 aliphatic heterocycles. The number of carbonyl (C=O) groups excluding carboxylic acids is 1. The van der Waals surface area contributed by atoms with Crippen molar-refractivity contribution in [3.05, 3.63) is 53.6 Å². The summed E-state index contributed by atoms with van der Waals surface area (Å²) in [7, 11) is 0. The van der Waals surface area contributed by atoms with Crippen LogP contribution in [0.15, 0.2) is 42.5 Å². The predicted molar refractivity (Wildman–Crippen MR) is 117 cm³/mol. The highest BCUT2D eigenvalue weighted by molar-refractivity contribution is 7.81. The summed E-state index contributed by atoms with van der Waals surface area (Å²) in [6.45, 7) is 3.99. The molecule has 4 rings (SSSR count). The SMILES string of the molecule is CC1(C)C(=O)N(c2ccc(C#N)c(C(F)(F)F)c2)C(=S)N1c1ccc(OCC2CC2)cc1. The zero-order valence-corrected chi connectivity index (χ0v) is 18.3. The van der Waals surface area contributed by atoms with Crippen molar-refractivity contribution >= 4 is 34.6 Å². The van der Waals surface area contributed by atoms with Gasteiger partial charge in [0.2, 0.25) is 0 Å². The second kappa shape index (κ2) is 7.78. The van der Waals surface area contributed by atoms with Crippen molar-refractivity contribution in [1.29, 1.82) is 5.26 Å². The molecule has 0 N–H and O–H groups in total. The number of nitrogens with zero attached hydrogens (tertiary/aromatic N) is 3. The highest BCUT2D eigenvalue weighted by atomic mass is 32.1. The topological polar surface area (TPSA) is 56.6 Å². The maximum atomic E-state index is 13.4. The summed E-state index contributed by atoms with van der Waals surface area (Å²) in [5, 5.41) is 9.10. The van der Waals surface area contributed by atoms with Gasteiger partial charge in [-0.1, -0.05) is 0 Å². The Morgan fingerprint density at radius 1 is 1.16 bits per heavy atom. The number of alkyl halides is 3. The molecule has 1 amide bonds. The molecule has 5 nitrogen and oxygen atoms in total. The van der Waals surface area contributed by atoms with Crippen molar-refractivity contribution in [1.82, 2.24) is 0 Å². The fourth-order valence-electron chi connectivity index (χ4n) is 3.65. The zero-order valence-electron chi connectivity index (χ0n) is 17.4. The second-order valence-corrected chi connectivity index (χ2v) is 8.77. The maximum Gasteiger partial charge on any atom is 0.417 e. The van der Waals surface area contributed by atoms with Gasteiger partial charge in [0.25, 0.3) is 5.91 Å². The fraction of sp³-hybridized carbons (Fsp3) is 0.348. The molecule has 1 saturated carbocycles. The molecule has 2 aromatic rings. The quantitative estimate of drug-likeness (QED) is 0.570. The summed E-state index contributed by atoms with van der Waals surface area (Å²) in [6.07, 6.45) is -2.38. The van der Waals surface area contributed by atoms with Gasteiger partial charge in [-0.05, 0) is 87.3 Å². The Balaban J connectivity index is 1.66.